The molecule has 1 aromatic heterocycles. The van der Waals surface area contributed by atoms with Crippen molar-refractivity contribution < 1.29 is 9.84 Å². The van der Waals surface area contributed by atoms with Gasteiger partial charge < -0.3 is 15.2 Å². The predicted octanol–water partition coefficient (Wildman–Crippen LogP) is 2.31. The third-order valence-corrected chi connectivity index (χ3v) is 3.20. The molecule has 1 unspecified atom stereocenters. The minimum absolute atomic E-state index is 0.252. The van der Waals surface area contributed by atoms with Crippen LogP contribution in [0, 0.1) is 0 Å². The van der Waals surface area contributed by atoms with Gasteiger partial charge in [0.1, 0.15) is 18.5 Å². The number of benzene rings is 1. The number of pyridine rings is 1. The standard InChI is InChI=1S/C16H19ClN2O2/c17-14-3-5-16(6-4-14)21-12-15(20)11-19-9-7-13-2-1-8-18-10-13/h1-6,8,10,15,19-20H,7,9,11-12H2. The fourth-order valence-corrected chi connectivity index (χ4v) is 1.96. The topological polar surface area (TPSA) is 54.4 Å². The van der Waals surface area contributed by atoms with E-state index in [4.69, 9.17) is 16.3 Å². The first-order valence-electron chi connectivity index (χ1n) is 6.90. The lowest BCUT2D eigenvalue weighted by atomic mass is 10.2. The van der Waals surface area contributed by atoms with Gasteiger partial charge in [-0.3, -0.25) is 4.98 Å². The summed E-state index contributed by atoms with van der Waals surface area (Å²) in [5.74, 6) is 0.703. The number of hydrogen-bond donors (Lipinski definition) is 2. The molecule has 0 aliphatic heterocycles. The van der Waals surface area contributed by atoms with Crippen LogP contribution in [0.3, 0.4) is 0 Å². The van der Waals surface area contributed by atoms with Crippen molar-refractivity contribution in [2.75, 3.05) is 19.7 Å². The molecule has 0 bridgehead atoms. The monoisotopic (exact) mass is 306 g/mol. The molecule has 112 valence electrons. The smallest absolute Gasteiger partial charge is 0.119 e. The lowest BCUT2D eigenvalue weighted by Crippen LogP contribution is -2.32. The molecule has 0 fully saturated rings. The fourth-order valence-electron chi connectivity index (χ4n) is 1.83. The van der Waals surface area contributed by atoms with Crippen LogP contribution in [0.1, 0.15) is 5.56 Å². The van der Waals surface area contributed by atoms with Gasteiger partial charge in [-0.15, -0.1) is 0 Å². The Balaban J connectivity index is 1.59. The maximum Gasteiger partial charge on any atom is 0.119 e. The third-order valence-electron chi connectivity index (χ3n) is 2.95. The van der Waals surface area contributed by atoms with E-state index < -0.39 is 6.10 Å². The first kappa shape index (κ1) is 15.8. The van der Waals surface area contributed by atoms with Crippen LogP contribution in [-0.2, 0) is 6.42 Å². The van der Waals surface area contributed by atoms with Crippen molar-refractivity contribution in [2.45, 2.75) is 12.5 Å². The Kier molecular flexibility index (Phi) is 6.47. The van der Waals surface area contributed by atoms with Crippen LogP contribution in [0.15, 0.2) is 48.8 Å². The van der Waals surface area contributed by atoms with Crippen LogP contribution in [0.25, 0.3) is 0 Å². The second-order valence-corrected chi connectivity index (χ2v) is 5.17. The summed E-state index contributed by atoms with van der Waals surface area (Å²) in [6, 6.07) is 11.0. The largest absolute Gasteiger partial charge is 0.491 e. The van der Waals surface area contributed by atoms with Crippen LogP contribution in [0.2, 0.25) is 5.02 Å². The van der Waals surface area contributed by atoms with Gasteiger partial charge in [-0.2, -0.15) is 0 Å². The third kappa shape index (κ3) is 6.12. The molecule has 0 radical (unpaired) electrons. The summed E-state index contributed by atoms with van der Waals surface area (Å²) in [5.41, 5.74) is 1.18. The molecule has 4 nitrogen and oxygen atoms in total. The van der Waals surface area contributed by atoms with E-state index in [0.29, 0.717) is 17.3 Å². The second-order valence-electron chi connectivity index (χ2n) is 4.73. The number of halogens is 1. The Labute approximate surface area is 129 Å². The van der Waals surface area contributed by atoms with Crippen molar-refractivity contribution >= 4 is 11.6 Å². The van der Waals surface area contributed by atoms with Crippen LogP contribution in [0.4, 0.5) is 0 Å². The van der Waals surface area contributed by atoms with Crippen LogP contribution >= 0.6 is 11.6 Å². The number of aliphatic hydroxyl groups is 1. The van der Waals surface area contributed by atoms with Gasteiger partial charge in [0.2, 0.25) is 0 Å². The van der Waals surface area contributed by atoms with Gasteiger partial charge in [0, 0.05) is 24.0 Å². The Hall–Kier alpha value is -1.62. The molecule has 1 heterocycles. The average molecular weight is 307 g/mol. The van der Waals surface area contributed by atoms with E-state index in [-0.39, 0.29) is 6.61 Å². The molecule has 0 aliphatic rings. The van der Waals surface area contributed by atoms with Gasteiger partial charge in [0.05, 0.1) is 0 Å². The van der Waals surface area contributed by atoms with E-state index in [2.05, 4.69) is 10.3 Å². The van der Waals surface area contributed by atoms with E-state index in [1.807, 2.05) is 18.3 Å². The van der Waals surface area contributed by atoms with E-state index in [9.17, 15) is 5.11 Å². The van der Waals surface area contributed by atoms with Gasteiger partial charge in [0.15, 0.2) is 0 Å². The van der Waals surface area contributed by atoms with E-state index in [0.717, 1.165) is 13.0 Å². The molecule has 0 saturated heterocycles. The highest BCUT2D eigenvalue weighted by molar-refractivity contribution is 6.30. The Morgan fingerprint density at radius 1 is 1.24 bits per heavy atom. The second kappa shape index (κ2) is 8.62. The molecule has 0 saturated carbocycles. The summed E-state index contributed by atoms with van der Waals surface area (Å²) in [7, 11) is 0. The van der Waals surface area contributed by atoms with Crippen molar-refractivity contribution in [2.24, 2.45) is 0 Å². The molecule has 1 atom stereocenters. The van der Waals surface area contributed by atoms with Gasteiger partial charge in [0.25, 0.3) is 0 Å². The van der Waals surface area contributed by atoms with Crippen LogP contribution < -0.4 is 10.1 Å². The van der Waals surface area contributed by atoms with Crippen molar-refractivity contribution in [3.05, 3.63) is 59.4 Å². The SMILES string of the molecule is OC(CNCCc1cccnc1)COc1ccc(Cl)cc1. The Morgan fingerprint density at radius 3 is 2.76 bits per heavy atom. The van der Waals surface area contributed by atoms with E-state index in [1.165, 1.54) is 5.56 Å². The highest BCUT2D eigenvalue weighted by atomic mass is 35.5. The minimum atomic E-state index is -0.547. The average Bonchev–Trinajstić information content (AvgIpc) is 2.52. The van der Waals surface area contributed by atoms with Crippen molar-refractivity contribution in [1.82, 2.24) is 10.3 Å². The summed E-state index contributed by atoms with van der Waals surface area (Å²) < 4.78 is 5.48. The van der Waals surface area contributed by atoms with Gasteiger partial charge in [-0.05, 0) is 48.9 Å². The zero-order valence-electron chi connectivity index (χ0n) is 11.7. The Morgan fingerprint density at radius 2 is 2.05 bits per heavy atom. The molecule has 0 amide bonds. The van der Waals surface area contributed by atoms with Gasteiger partial charge in [-0.25, -0.2) is 0 Å². The van der Waals surface area contributed by atoms with Gasteiger partial charge in [-0.1, -0.05) is 17.7 Å². The van der Waals surface area contributed by atoms with Crippen molar-refractivity contribution in [3.63, 3.8) is 0 Å². The summed E-state index contributed by atoms with van der Waals surface area (Å²) >= 11 is 5.79. The first-order valence-corrected chi connectivity index (χ1v) is 7.28. The highest BCUT2D eigenvalue weighted by Crippen LogP contribution is 2.15. The molecular formula is C16H19ClN2O2. The summed E-state index contributed by atoms with van der Waals surface area (Å²) in [5, 5.41) is 13.7. The summed E-state index contributed by atoms with van der Waals surface area (Å²) in [6.07, 6.45) is 3.95. The van der Waals surface area contributed by atoms with Gasteiger partial charge >= 0.3 is 0 Å². The molecule has 5 heteroatoms. The number of ether oxygens (including phenoxy) is 1. The predicted molar refractivity (Wildman–Crippen MR) is 83.8 cm³/mol. The quantitative estimate of drug-likeness (QED) is 0.735. The van der Waals surface area contributed by atoms with E-state index >= 15 is 0 Å². The maximum atomic E-state index is 9.84. The zero-order valence-corrected chi connectivity index (χ0v) is 12.5. The normalized spacial score (nSPS) is 12.1. The van der Waals surface area contributed by atoms with Crippen LogP contribution in [0.5, 0.6) is 5.75 Å². The number of nitrogens with one attached hydrogen (secondary N) is 1. The van der Waals surface area contributed by atoms with E-state index in [1.54, 1.807) is 30.5 Å². The number of aromatic nitrogens is 1. The number of rotatable bonds is 8. The number of hydrogen-bond acceptors (Lipinski definition) is 4. The number of aliphatic hydroxyl groups excluding tert-OH is 1. The maximum absolute atomic E-state index is 9.84. The molecule has 0 aliphatic carbocycles. The molecular weight excluding hydrogens is 288 g/mol. The van der Waals surface area contributed by atoms with Crippen molar-refractivity contribution in [1.29, 1.82) is 0 Å². The zero-order chi connectivity index (χ0) is 14.9. The highest BCUT2D eigenvalue weighted by Gasteiger charge is 2.05. The van der Waals surface area contributed by atoms with Crippen LogP contribution in [-0.4, -0.2) is 35.9 Å². The molecule has 0 spiro atoms. The molecule has 1 aromatic carbocycles. The lowest BCUT2D eigenvalue weighted by Gasteiger charge is -2.13. The summed E-state index contributed by atoms with van der Waals surface area (Å²) in [6.45, 7) is 1.54. The molecule has 2 aromatic rings. The number of nitrogens with zero attached hydrogens (tertiary/aromatic N) is 1. The molecule has 21 heavy (non-hydrogen) atoms. The molecule has 2 N–H and O–H groups in total. The first-order chi connectivity index (χ1) is 10.2. The fraction of sp³-hybridized carbons (Fsp3) is 0.312. The lowest BCUT2D eigenvalue weighted by molar-refractivity contribution is 0.106. The summed E-state index contributed by atoms with van der Waals surface area (Å²) in [4.78, 5) is 4.06. The molecule has 2 rings (SSSR count). The van der Waals surface area contributed by atoms with Crippen molar-refractivity contribution in [3.8, 4) is 5.75 Å². The Bertz CT molecular complexity index is 520. The minimum Gasteiger partial charge on any atom is -0.491 e.